The van der Waals surface area contributed by atoms with Crippen LogP contribution in [0.5, 0.6) is 0 Å². The minimum atomic E-state index is -4.09. The molecule has 0 aliphatic rings. The van der Waals surface area contributed by atoms with Crippen molar-refractivity contribution in [3.05, 3.63) is 64.4 Å². The molecule has 0 fully saturated rings. The zero-order chi connectivity index (χ0) is 26.2. The molecule has 0 spiro atoms. The molecule has 0 radical (unpaired) electrons. The fourth-order valence-electron chi connectivity index (χ4n) is 3.27. The standard InChI is InChI=1S/C24H32BrFN4O4S/c1-5-6-14-27-24(32)18(2)29(16-19-8-7-9-20(25)15-19)23(31)17-30(35(33,34)28(3)4)22-12-10-21(26)11-13-22/h7-13,15,18H,5-6,14,16-17H2,1-4H3,(H,27,32). The van der Waals surface area contributed by atoms with Crippen LogP contribution < -0.4 is 9.62 Å². The van der Waals surface area contributed by atoms with Crippen molar-refractivity contribution >= 4 is 43.6 Å². The van der Waals surface area contributed by atoms with Gasteiger partial charge in [0.05, 0.1) is 5.69 Å². The summed E-state index contributed by atoms with van der Waals surface area (Å²) < 4.78 is 42.3. The van der Waals surface area contributed by atoms with E-state index in [0.717, 1.165) is 43.6 Å². The fraction of sp³-hybridized carbons (Fsp3) is 0.417. The Hall–Kier alpha value is -2.50. The maximum atomic E-state index is 13.6. The summed E-state index contributed by atoms with van der Waals surface area (Å²) in [6, 6.07) is 11.3. The number of nitrogens with zero attached hydrogens (tertiary/aromatic N) is 3. The average molecular weight is 572 g/mol. The third-order valence-corrected chi connectivity index (χ3v) is 7.69. The highest BCUT2D eigenvalue weighted by Gasteiger charge is 2.32. The van der Waals surface area contributed by atoms with Crippen molar-refractivity contribution in [1.82, 2.24) is 14.5 Å². The molecule has 2 amide bonds. The molecular weight excluding hydrogens is 539 g/mol. The number of carbonyl (C=O) groups is 2. The van der Waals surface area contributed by atoms with E-state index in [9.17, 15) is 22.4 Å². The summed E-state index contributed by atoms with van der Waals surface area (Å²) in [4.78, 5) is 27.7. The normalized spacial score (nSPS) is 12.3. The molecule has 0 aromatic heterocycles. The molecule has 0 aliphatic heterocycles. The van der Waals surface area contributed by atoms with Gasteiger partial charge in [0.1, 0.15) is 18.4 Å². The van der Waals surface area contributed by atoms with Crippen molar-refractivity contribution in [3.63, 3.8) is 0 Å². The van der Waals surface area contributed by atoms with Crippen molar-refractivity contribution in [1.29, 1.82) is 0 Å². The van der Waals surface area contributed by atoms with Crippen molar-refractivity contribution in [3.8, 4) is 0 Å². The molecule has 1 N–H and O–H groups in total. The molecule has 192 valence electrons. The smallest absolute Gasteiger partial charge is 0.304 e. The first-order valence-corrected chi connectivity index (χ1v) is 13.4. The molecule has 11 heteroatoms. The molecule has 35 heavy (non-hydrogen) atoms. The van der Waals surface area contributed by atoms with E-state index in [1.54, 1.807) is 6.92 Å². The molecule has 1 unspecified atom stereocenters. The van der Waals surface area contributed by atoms with Crippen LogP contribution in [0.25, 0.3) is 0 Å². The number of hydrogen-bond acceptors (Lipinski definition) is 4. The fourth-order valence-corrected chi connectivity index (χ4v) is 4.78. The topological polar surface area (TPSA) is 90.0 Å². The molecular formula is C24H32BrFN4O4S. The van der Waals surface area contributed by atoms with E-state index in [1.165, 1.54) is 31.1 Å². The van der Waals surface area contributed by atoms with Gasteiger partial charge in [0, 0.05) is 31.7 Å². The van der Waals surface area contributed by atoms with Gasteiger partial charge in [-0.1, -0.05) is 41.4 Å². The van der Waals surface area contributed by atoms with E-state index < -0.39 is 34.5 Å². The van der Waals surface area contributed by atoms with E-state index in [1.807, 2.05) is 31.2 Å². The Labute approximate surface area is 215 Å². The van der Waals surface area contributed by atoms with Crippen molar-refractivity contribution in [2.24, 2.45) is 0 Å². The van der Waals surface area contributed by atoms with Gasteiger partial charge in [-0.2, -0.15) is 12.7 Å². The summed E-state index contributed by atoms with van der Waals surface area (Å²) >= 11 is 3.41. The molecule has 0 heterocycles. The van der Waals surface area contributed by atoms with E-state index in [0.29, 0.717) is 6.54 Å². The van der Waals surface area contributed by atoms with Crippen molar-refractivity contribution in [2.75, 3.05) is 31.5 Å². The molecule has 0 saturated heterocycles. The zero-order valence-electron chi connectivity index (χ0n) is 20.4. The number of rotatable bonds is 12. The number of anilines is 1. The third-order valence-electron chi connectivity index (χ3n) is 5.37. The van der Waals surface area contributed by atoms with Crippen LogP contribution in [-0.2, 0) is 26.3 Å². The lowest BCUT2D eigenvalue weighted by Crippen LogP contribution is -2.52. The second-order valence-corrected chi connectivity index (χ2v) is 11.2. The SMILES string of the molecule is CCCCNC(=O)C(C)N(Cc1cccc(Br)c1)C(=O)CN(c1ccc(F)cc1)S(=O)(=O)N(C)C. The van der Waals surface area contributed by atoms with Crippen LogP contribution in [0.3, 0.4) is 0 Å². The van der Waals surface area contributed by atoms with Crippen LogP contribution in [0.15, 0.2) is 53.0 Å². The number of nitrogens with one attached hydrogen (secondary N) is 1. The van der Waals surface area contributed by atoms with E-state index in [2.05, 4.69) is 21.2 Å². The monoisotopic (exact) mass is 570 g/mol. The van der Waals surface area contributed by atoms with E-state index >= 15 is 0 Å². The van der Waals surface area contributed by atoms with Crippen molar-refractivity contribution in [2.45, 2.75) is 39.3 Å². The highest BCUT2D eigenvalue weighted by atomic mass is 79.9. The van der Waals surface area contributed by atoms with Gasteiger partial charge in [-0.3, -0.25) is 9.59 Å². The maximum Gasteiger partial charge on any atom is 0.304 e. The first-order valence-electron chi connectivity index (χ1n) is 11.2. The Morgan fingerprint density at radius 1 is 1.11 bits per heavy atom. The Bertz CT molecular complexity index is 1110. The molecule has 2 aromatic carbocycles. The van der Waals surface area contributed by atoms with Crippen LogP contribution >= 0.6 is 15.9 Å². The molecule has 0 aliphatic carbocycles. The minimum absolute atomic E-state index is 0.0971. The summed E-state index contributed by atoms with van der Waals surface area (Å²) in [5.74, 6) is -1.43. The highest BCUT2D eigenvalue weighted by molar-refractivity contribution is 9.10. The van der Waals surface area contributed by atoms with E-state index in [-0.39, 0.29) is 18.1 Å². The summed E-state index contributed by atoms with van der Waals surface area (Å²) in [6.45, 7) is 3.63. The van der Waals surface area contributed by atoms with Gasteiger partial charge in [-0.05, 0) is 55.3 Å². The number of benzene rings is 2. The lowest BCUT2D eigenvalue weighted by molar-refractivity contribution is -0.139. The highest BCUT2D eigenvalue weighted by Crippen LogP contribution is 2.22. The first kappa shape index (κ1) is 28.7. The average Bonchev–Trinajstić information content (AvgIpc) is 2.81. The largest absolute Gasteiger partial charge is 0.354 e. The van der Waals surface area contributed by atoms with Gasteiger partial charge >= 0.3 is 10.2 Å². The number of halogens is 2. The van der Waals surface area contributed by atoms with Gasteiger partial charge in [0.25, 0.3) is 0 Å². The number of unbranched alkanes of at least 4 members (excludes halogenated alkanes) is 1. The minimum Gasteiger partial charge on any atom is -0.354 e. The summed E-state index contributed by atoms with van der Waals surface area (Å²) in [6.07, 6.45) is 1.71. The van der Waals surface area contributed by atoms with Gasteiger partial charge in [-0.25, -0.2) is 8.70 Å². The van der Waals surface area contributed by atoms with Crippen LogP contribution in [0.1, 0.15) is 32.3 Å². The van der Waals surface area contributed by atoms with Crippen LogP contribution in [0.2, 0.25) is 0 Å². The molecule has 8 nitrogen and oxygen atoms in total. The van der Waals surface area contributed by atoms with Gasteiger partial charge in [0.2, 0.25) is 11.8 Å². The lowest BCUT2D eigenvalue weighted by Gasteiger charge is -2.32. The predicted octanol–water partition coefficient (Wildman–Crippen LogP) is 3.53. The second kappa shape index (κ2) is 13.0. The third kappa shape index (κ3) is 8.01. The lowest BCUT2D eigenvalue weighted by atomic mass is 10.1. The van der Waals surface area contributed by atoms with Gasteiger partial charge < -0.3 is 10.2 Å². The number of hydrogen-bond donors (Lipinski definition) is 1. The Kier molecular flexibility index (Phi) is 10.7. The summed E-state index contributed by atoms with van der Waals surface area (Å²) in [7, 11) is -1.39. The first-order chi connectivity index (χ1) is 16.5. The van der Waals surface area contributed by atoms with E-state index in [4.69, 9.17) is 0 Å². The predicted molar refractivity (Wildman–Crippen MR) is 138 cm³/mol. The zero-order valence-corrected chi connectivity index (χ0v) is 22.8. The van der Waals surface area contributed by atoms with Crippen molar-refractivity contribution < 1.29 is 22.4 Å². The molecule has 0 saturated carbocycles. The van der Waals surface area contributed by atoms with Crippen LogP contribution in [-0.4, -0.2) is 62.7 Å². The molecule has 0 bridgehead atoms. The number of carbonyl (C=O) groups excluding carboxylic acids is 2. The Balaban J connectivity index is 2.40. The van der Waals surface area contributed by atoms with Crippen LogP contribution in [0.4, 0.5) is 10.1 Å². The number of amides is 2. The summed E-state index contributed by atoms with van der Waals surface area (Å²) in [5, 5.41) is 2.83. The Morgan fingerprint density at radius 2 is 1.77 bits per heavy atom. The molecule has 2 rings (SSSR count). The van der Waals surface area contributed by atoms with Gasteiger partial charge in [-0.15, -0.1) is 0 Å². The second-order valence-electron chi connectivity index (χ2n) is 8.25. The Morgan fingerprint density at radius 3 is 2.34 bits per heavy atom. The molecule has 1 atom stereocenters. The summed E-state index contributed by atoms with van der Waals surface area (Å²) in [5.41, 5.74) is 0.903. The quantitative estimate of drug-likeness (QED) is 0.395. The molecule has 2 aromatic rings. The maximum absolute atomic E-state index is 13.6. The van der Waals surface area contributed by atoms with Gasteiger partial charge in [0.15, 0.2) is 0 Å². The van der Waals surface area contributed by atoms with Crippen LogP contribution in [0, 0.1) is 5.82 Å².